The van der Waals surface area contributed by atoms with Crippen molar-refractivity contribution < 1.29 is 13.9 Å². The predicted molar refractivity (Wildman–Crippen MR) is 96.9 cm³/mol. The maximum Gasteiger partial charge on any atom is 0.251 e. The Kier molecular flexibility index (Phi) is 4.95. The molecule has 0 fully saturated rings. The summed E-state index contributed by atoms with van der Waals surface area (Å²) in [5.74, 6) is 0.312. The topological polar surface area (TPSA) is 68.5 Å². The van der Waals surface area contributed by atoms with Gasteiger partial charge in [-0.1, -0.05) is 23.8 Å². The van der Waals surface area contributed by atoms with Crippen LogP contribution in [0.25, 0.3) is 22.3 Å². The maximum absolute atomic E-state index is 12.3. The number of benzene rings is 2. The summed E-state index contributed by atoms with van der Waals surface area (Å²) in [5.41, 5.74) is 2.76. The van der Waals surface area contributed by atoms with E-state index in [1.54, 1.807) is 37.4 Å². The first-order valence-corrected chi connectivity index (χ1v) is 8.00. The Labute approximate surface area is 145 Å². The minimum Gasteiger partial charge on any atom is -0.456 e. The first-order chi connectivity index (χ1) is 12.1. The number of rotatable bonds is 5. The lowest BCUT2D eigenvalue weighted by atomic mass is 10.1. The number of nitrogens with one attached hydrogen (secondary N) is 1. The smallest absolute Gasteiger partial charge is 0.251 e. The lowest BCUT2D eigenvalue weighted by Gasteiger charge is -2.06. The van der Waals surface area contributed by atoms with E-state index in [4.69, 9.17) is 9.15 Å². The Bertz CT molecular complexity index is 958. The molecule has 1 N–H and O–H groups in total. The fourth-order valence-corrected chi connectivity index (χ4v) is 2.57. The van der Waals surface area contributed by atoms with Crippen molar-refractivity contribution in [3.05, 3.63) is 69.9 Å². The highest BCUT2D eigenvalue weighted by Gasteiger charge is 2.09. The number of fused-ring (bicyclic) bond motifs is 1. The van der Waals surface area contributed by atoms with Crippen molar-refractivity contribution in [1.29, 1.82) is 0 Å². The highest BCUT2D eigenvalue weighted by Crippen LogP contribution is 2.23. The van der Waals surface area contributed by atoms with E-state index in [0.717, 1.165) is 11.1 Å². The molecular formula is C20H19NO4. The highest BCUT2D eigenvalue weighted by atomic mass is 16.5. The first-order valence-electron chi connectivity index (χ1n) is 8.00. The SMILES string of the molecule is COCCNC(=O)c1ccc(-c2cc(=O)c3cc(C)ccc3o2)cc1. The van der Waals surface area contributed by atoms with Gasteiger partial charge in [-0.05, 0) is 31.2 Å². The molecule has 0 bridgehead atoms. The molecule has 25 heavy (non-hydrogen) atoms. The number of aryl methyl sites for hydroxylation is 1. The van der Waals surface area contributed by atoms with Gasteiger partial charge >= 0.3 is 0 Å². The van der Waals surface area contributed by atoms with Crippen molar-refractivity contribution in [1.82, 2.24) is 5.32 Å². The Morgan fingerprint density at radius 1 is 1.12 bits per heavy atom. The zero-order valence-electron chi connectivity index (χ0n) is 14.2. The minimum atomic E-state index is -0.168. The van der Waals surface area contributed by atoms with E-state index in [2.05, 4.69) is 5.32 Å². The van der Waals surface area contributed by atoms with Crippen LogP contribution in [-0.4, -0.2) is 26.2 Å². The van der Waals surface area contributed by atoms with Gasteiger partial charge in [0.1, 0.15) is 11.3 Å². The van der Waals surface area contributed by atoms with E-state index in [0.29, 0.717) is 35.4 Å². The van der Waals surface area contributed by atoms with Crippen LogP contribution in [-0.2, 0) is 4.74 Å². The van der Waals surface area contributed by atoms with Gasteiger partial charge in [0.25, 0.3) is 5.91 Å². The van der Waals surface area contributed by atoms with E-state index >= 15 is 0 Å². The van der Waals surface area contributed by atoms with Crippen LogP contribution in [0.2, 0.25) is 0 Å². The number of carbonyl (C=O) groups is 1. The van der Waals surface area contributed by atoms with E-state index in [9.17, 15) is 9.59 Å². The lowest BCUT2D eigenvalue weighted by molar-refractivity contribution is 0.0937. The van der Waals surface area contributed by atoms with Crippen LogP contribution in [0.4, 0.5) is 0 Å². The van der Waals surface area contributed by atoms with Gasteiger partial charge in [0.2, 0.25) is 0 Å². The third-order valence-electron chi connectivity index (χ3n) is 3.91. The Morgan fingerprint density at radius 2 is 1.88 bits per heavy atom. The van der Waals surface area contributed by atoms with E-state index in [1.807, 2.05) is 19.1 Å². The first kappa shape index (κ1) is 16.9. The summed E-state index contributed by atoms with van der Waals surface area (Å²) < 4.78 is 10.7. The summed E-state index contributed by atoms with van der Waals surface area (Å²) in [7, 11) is 1.58. The molecule has 5 nitrogen and oxygen atoms in total. The fraction of sp³-hybridized carbons (Fsp3) is 0.200. The maximum atomic E-state index is 12.3. The van der Waals surface area contributed by atoms with Gasteiger partial charge in [-0.25, -0.2) is 0 Å². The van der Waals surface area contributed by atoms with Crippen LogP contribution in [0.15, 0.2) is 57.7 Å². The van der Waals surface area contributed by atoms with E-state index < -0.39 is 0 Å². The predicted octanol–water partition coefficient (Wildman–Crippen LogP) is 3.14. The Balaban J connectivity index is 1.87. The van der Waals surface area contributed by atoms with Gasteiger partial charge in [-0.2, -0.15) is 0 Å². The zero-order chi connectivity index (χ0) is 17.8. The zero-order valence-corrected chi connectivity index (χ0v) is 14.2. The number of hydrogen-bond acceptors (Lipinski definition) is 4. The molecule has 1 heterocycles. The Morgan fingerprint density at radius 3 is 2.60 bits per heavy atom. The highest BCUT2D eigenvalue weighted by molar-refractivity contribution is 5.94. The second kappa shape index (κ2) is 7.32. The molecule has 3 aromatic rings. The summed E-state index contributed by atoms with van der Waals surface area (Å²) >= 11 is 0. The molecule has 1 amide bonds. The molecule has 128 valence electrons. The standard InChI is InChI=1S/C20H19NO4/c1-13-3-8-18-16(11-13)17(22)12-19(25-18)14-4-6-15(7-5-14)20(23)21-9-10-24-2/h3-8,11-12H,9-10H2,1-2H3,(H,21,23). The fourth-order valence-electron chi connectivity index (χ4n) is 2.57. The summed E-state index contributed by atoms with van der Waals surface area (Å²) in [4.78, 5) is 24.3. The van der Waals surface area contributed by atoms with Crippen molar-refractivity contribution in [3.8, 4) is 11.3 Å². The molecule has 0 saturated heterocycles. The summed E-state index contributed by atoms with van der Waals surface area (Å²) in [6.07, 6.45) is 0. The second-order valence-corrected chi connectivity index (χ2v) is 5.80. The van der Waals surface area contributed by atoms with E-state index in [1.165, 1.54) is 6.07 Å². The van der Waals surface area contributed by atoms with Crippen LogP contribution in [0.3, 0.4) is 0 Å². The third-order valence-corrected chi connectivity index (χ3v) is 3.91. The number of amides is 1. The van der Waals surface area contributed by atoms with Gasteiger partial charge in [0.15, 0.2) is 5.43 Å². The molecule has 5 heteroatoms. The number of methoxy groups -OCH3 is 1. The van der Waals surface area contributed by atoms with E-state index in [-0.39, 0.29) is 11.3 Å². The quantitative estimate of drug-likeness (QED) is 0.726. The van der Waals surface area contributed by atoms with Gasteiger partial charge in [0.05, 0.1) is 12.0 Å². The number of ether oxygens (including phenoxy) is 1. The lowest BCUT2D eigenvalue weighted by Crippen LogP contribution is -2.26. The third kappa shape index (κ3) is 3.78. The summed E-state index contributed by atoms with van der Waals surface area (Å²) in [6.45, 7) is 2.85. The van der Waals surface area contributed by atoms with Gasteiger partial charge in [0, 0.05) is 30.8 Å². The van der Waals surface area contributed by atoms with Gasteiger partial charge in [-0.3, -0.25) is 9.59 Å². The average molecular weight is 337 g/mol. The molecular weight excluding hydrogens is 318 g/mol. The second-order valence-electron chi connectivity index (χ2n) is 5.80. The van der Waals surface area contributed by atoms with Crippen LogP contribution in [0.5, 0.6) is 0 Å². The molecule has 1 aromatic heterocycles. The largest absolute Gasteiger partial charge is 0.456 e. The molecule has 0 spiro atoms. The molecule has 0 radical (unpaired) electrons. The van der Waals surface area contributed by atoms with Gasteiger partial charge in [-0.15, -0.1) is 0 Å². The minimum absolute atomic E-state index is 0.0821. The van der Waals surface area contributed by atoms with Crippen molar-refractivity contribution in [2.24, 2.45) is 0 Å². The van der Waals surface area contributed by atoms with Crippen molar-refractivity contribution >= 4 is 16.9 Å². The summed E-state index contributed by atoms with van der Waals surface area (Å²) in [6, 6.07) is 13.9. The number of carbonyl (C=O) groups excluding carboxylic acids is 1. The molecule has 3 rings (SSSR count). The van der Waals surface area contributed by atoms with Crippen molar-refractivity contribution in [2.45, 2.75) is 6.92 Å². The number of hydrogen-bond donors (Lipinski definition) is 1. The molecule has 0 atom stereocenters. The summed E-state index contributed by atoms with van der Waals surface area (Å²) in [5, 5.41) is 3.33. The molecule has 2 aromatic carbocycles. The van der Waals surface area contributed by atoms with Crippen LogP contribution >= 0.6 is 0 Å². The average Bonchev–Trinajstić information content (AvgIpc) is 2.62. The van der Waals surface area contributed by atoms with Crippen LogP contribution < -0.4 is 10.7 Å². The Hall–Kier alpha value is -2.92. The van der Waals surface area contributed by atoms with Crippen LogP contribution in [0, 0.1) is 6.92 Å². The molecule has 0 aliphatic rings. The van der Waals surface area contributed by atoms with Crippen molar-refractivity contribution in [2.75, 3.05) is 20.3 Å². The van der Waals surface area contributed by atoms with Gasteiger partial charge < -0.3 is 14.5 Å². The molecule has 0 aliphatic carbocycles. The normalized spacial score (nSPS) is 10.8. The monoisotopic (exact) mass is 337 g/mol. The molecule has 0 unspecified atom stereocenters. The molecule has 0 saturated carbocycles. The molecule has 0 aliphatic heterocycles. The van der Waals surface area contributed by atoms with Crippen molar-refractivity contribution in [3.63, 3.8) is 0 Å². The van der Waals surface area contributed by atoms with Crippen LogP contribution in [0.1, 0.15) is 15.9 Å².